The van der Waals surface area contributed by atoms with Crippen LogP contribution in [0.1, 0.15) is 38.6 Å². The molecule has 1 amide bonds. The number of hydrogen-bond acceptors (Lipinski definition) is 5. The second-order valence-corrected chi connectivity index (χ2v) is 5.28. The molecule has 19 heavy (non-hydrogen) atoms. The summed E-state index contributed by atoms with van der Waals surface area (Å²) in [5.74, 6) is -0.448. The zero-order chi connectivity index (χ0) is 14.6. The lowest BCUT2D eigenvalue weighted by molar-refractivity contribution is -0.133. The van der Waals surface area contributed by atoms with Crippen LogP contribution in [0.2, 0.25) is 0 Å². The van der Waals surface area contributed by atoms with Crippen molar-refractivity contribution in [3.63, 3.8) is 0 Å². The number of carbonyl (C=O) groups is 2. The van der Waals surface area contributed by atoms with Gasteiger partial charge in [0.05, 0.1) is 5.75 Å². The molecule has 1 aromatic rings. The van der Waals surface area contributed by atoms with Gasteiger partial charge in [-0.05, 0) is 6.92 Å². The highest BCUT2D eigenvalue weighted by Gasteiger charge is 2.24. The average Bonchev–Trinajstić information content (AvgIpc) is 2.78. The molecule has 0 aliphatic rings. The number of carbonyl (C=O) groups excluding carboxylic acids is 1. The Morgan fingerprint density at radius 1 is 1.37 bits per heavy atom. The highest BCUT2D eigenvalue weighted by atomic mass is 32.2. The first-order chi connectivity index (χ1) is 8.88. The van der Waals surface area contributed by atoms with E-state index in [9.17, 15) is 9.59 Å². The molecule has 0 radical (unpaired) electrons. The molecule has 1 aromatic heterocycles. The number of nitrogens with zero attached hydrogens (tertiary/aromatic N) is 3. The van der Waals surface area contributed by atoms with Gasteiger partial charge in [0.1, 0.15) is 11.9 Å². The first-order valence-corrected chi connectivity index (χ1v) is 6.88. The smallest absolute Gasteiger partial charge is 0.313 e. The van der Waals surface area contributed by atoms with Crippen molar-refractivity contribution in [1.82, 2.24) is 20.1 Å². The SMILES string of the molecule is CNC(=O)C(C)n1c(SCC(=O)O)nnc1C(C)C. The van der Waals surface area contributed by atoms with E-state index < -0.39 is 12.0 Å². The summed E-state index contributed by atoms with van der Waals surface area (Å²) in [7, 11) is 1.56. The van der Waals surface area contributed by atoms with Gasteiger partial charge in [-0.1, -0.05) is 25.6 Å². The summed E-state index contributed by atoms with van der Waals surface area (Å²) >= 11 is 1.06. The fraction of sp³-hybridized carbons (Fsp3) is 0.636. The van der Waals surface area contributed by atoms with Crippen LogP contribution in [0.15, 0.2) is 5.16 Å². The normalized spacial score (nSPS) is 12.5. The van der Waals surface area contributed by atoms with Gasteiger partial charge in [-0.2, -0.15) is 0 Å². The van der Waals surface area contributed by atoms with E-state index in [1.54, 1.807) is 18.5 Å². The summed E-state index contributed by atoms with van der Waals surface area (Å²) < 4.78 is 1.69. The van der Waals surface area contributed by atoms with E-state index in [1.807, 2.05) is 13.8 Å². The number of rotatable bonds is 6. The highest BCUT2D eigenvalue weighted by molar-refractivity contribution is 7.99. The van der Waals surface area contributed by atoms with Gasteiger partial charge in [0.15, 0.2) is 5.16 Å². The number of likely N-dealkylation sites (N-methyl/N-ethyl adjacent to an activating group) is 1. The summed E-state index contributed by atoms with van der Waals surface area (Å²) in [6.07, 6.45) is 0. The van der Waals surface area contributed by atoms with Crippen LogP contribution in [-0.2, 0) is 9.59 Å². The van der Waals surface area contributed by atoms with Crippen LogP contribution in [0.3, 0.4) is 0 Å². The number of aromatic nitrogens is 3. The predicted molar refractivity (Wildman–Crippen MR) is 71.2 cm³/mol. The molecule has 0 spiro atoms. The Hall–Kier alpha value is -1.57. The van der Waals surface area contributed by atoms with Crippen LogP contribution in [0.5, 0.6) is 0 Å². The maximum Gasteiger partial charge on any atom is 0.313 e. The molecule has 1 atom stereocenters. The lowest BCUT2D eigenvalue weighted by Gasteiger charge is -2.17. The largest absolute Gasteiger partial charge is 0.481 e. The molecule has 8 heteroatoms. The minimum atomic E-state index is -0.932. The molecule has 1 unspecified atom stereocenters. The van der Waals surface area contributed by atoms with Crippen molar-refractivity contribution in [1.29, 1.82) is 0 Å². The van der Waals surface area contributed by atoms with Gasteiger partial charge in [0.2, 0.25) is 5.91 Å². The van der Waals surface area contributed by atoms with Crippen molar-refractivity contribution in [3.05, 3.63) is 5.82 Å². The van der Waals surface area contributed by atoms with Crippen LogP contribution < -0.4 is 5.32 Å². The number of hydrogen-bond donors (Lipinski definition) is 2. The maximum atomic E-state index is 11.8. The fourth-order valence-corrected chi connectivity index (χ4v) is 2.34. The molecule has 1 heterocycles. The maximum absolute atomic E-state index is 11.8. The summed E-state index contributed by atoms with van der Waals surface area (Å²) in [6.45, 7) is 5.63. The van der Waals surface area contributed by atoms with Gasteiger partial charge in [-0.15, -0.1) is 10.2 Å². The minimum absolute atomic E-state index is 0.0961. The second kappa shape index (κ2) is 6.55. The van der Waals surface area contributed by atoms with Crippen molar-refractivity contribution in [2.75, 3.05) is 12.8 Å². The van der Waals surface area contributed by atoms with Crippen molar-refractivity contribution in [2.24, 2.45) is 0 Å². The number of carboxylic acid groups (broad SMARTS) is 1. The van der Waals surface area contributed by atoms with Gasteiger partial charge in [0.25, 0.3) is 0 Å². The zero-order valence-corrected chi connectivity index (χ0v) is 12.2. The second-order valence-electron chi connectivity index (χ2n) is 4.34. The van der Waals surface area contributed by atoms with E-state index in [-0.39, 0.29) is 17.6 Å². The molecule has 106 valence electrons. The van der Waals surface area contributed by atoms with Gasteiger partial charge in [-0.25, -0.2) is 0 Å². The third kappa shape index (κ3) is 3.69. The lowest BCUT2D eigenvalue weighted by atomic mass is 10.2. The lowest BCUT2D eigenvalue weighted by Crippen LogP contribution is -2.29. The Kier molecular flexibility index (Phi) is 5.34. The monoisotopic (exact) mass is 286 g/mol. The third-order valence-corrected chi connectivity index (χ3v) is 3.47. The number of nitrogens with one attached hydrogen (secondary N) is 1. The number of amides is 1. The Labute approximate surface area is 115 Å². The first-order valence-electron chi connectivity index (χ1n) is 5.89. The van der Waals surface area contributed by atoms with E-state index >= 15 is 0 Å². The van der Waals surface area contributed by atoms with E-state index in [1.165, 1.54) is 0 Å². The molecule has 0 aromatic carbocycles. The van der Waals surface area contributed by atoms with E-state index in [2.05, 4.69) is 15.5 Å². The fourth-order valence-electron chi connectivity index (χ4n) is 1.60. The number of carboxylic acids is 1. The Bertz CT molecular complexity index is 473. The van der Waals surface area contributed by atoms with Crippen molar-refractivity contribution in [3.8, 4) is 0 Å². The standard InChI is InChI=1S/C11H18N4O3S/c1-6(2)9-13-14-11(19-5-8(16)17)15(9)7(3)10(18)12-4/h6-7H,5H2,1-4H3,(H,12,18)(H,16,17). The van der Waals surface area contributed by atoms with Gasteiger partial charge in [0, 0.05) is 13.0 Å². The van der Waals surface area contributed by atoms with Crippen molar-refractivity contribution >= 4 is 23.6 Å². The van der Waals surface area contributed by atoms with Crippen LogP contribution in [0.4, 0.5) is 0 Å². The molecule has 0 saturated carbocycles. The number of thioether (sulfide) groups is 1. The van der Waals surface area contributed by atoms with E-state index in [0.717, 1.165) is 11.8 Å². The molecular weight excluding hydrogens is 268 g/mol. The Morgan fingerprint density at radius 2 is 2.00 bits per heavy atom. The average molecular weight is 286 g/mol. The van der Waals surface area contributed by atoms with Gasteiger partial charge >= 0.3 is 5.97 Å². The first kappa shape index (κ1) is 15.5. The van der Waals surface area contributed by atoms with Crippen LogP contribution in [-0.4, -0.2) is 44.5 Å². The van der Waals surface area contributed by atoms with Crippen LogP contribution >= 0.6 is 11.8 Å². The summed E-state index contributed by atoms with van der Waals surface area (Å²) in [4.78, 5) is 22.4. The third-order valence-electron chi connectivity index (χ3n) is 2.55. The predicted octanol–water partition coefficient (Wildman–Crippen LogP) is 0.885. The molecular formula is C11H18N4O3S. The molecule has 0 aliphatic carbocycles. The topological polar surface area (TPSA) is 97.1 Å². The van der Waals surface area contributed by atoms with Crippen LogP contribution in [0.25, 0.3) is 0 Å². The molecule has 0 fully saturated rings. The Morgan fingerprint density at radius 3 is 2.47 bits per heavy atom. The van der Waals surface area contributed by atoms with Gasteiger partial charge in [-0.3, -0.25) is 14.2 Å². The highest BCUT2D eigenvalue weighted by Crippen LogP contribution is 2.25. The molecule has 0 aliphatic heterocycles. The Balaban J connectivity index is 3.11. The molecule has 7 nitrogen and oxygen atoms in total. The van der Waals surface area contributed by atoms with Crippen LogP contribution in [0, 0.1) is 0 Å². The molecule has 2 N–H and O–H groups in total. The van der Waals surface area contributed by atoms with Crippen molar-refractivity contribution < 1.29 is 14.7 Å². The summed E-state index contributed by atoms with van der Waals surface area (Å²) in [5.41, 5.74) is 0. The van der Waals surface area contributed by atoms with Gasteiger partial charge < -0.3 is 10.4 Å². The number of aliphatic carboxylic acids is 1. The minimum Gasteiger partial charge on any atom is -0.481 e. The molecule has 0 bridgehead atoms. The van der Waals surface area contributed by atoms with E-state index in [4.69, 9.17) is 5.11 Å². The quantitative estimate of drug-likeness (QED) is 0.754. The molecule has 1 rings (SSSR count). The summed E-state index contributed by atoms with van der Waals surface area (Å²) in [5, 5.41) is 19.8. The van der Waals surface area contributed by atoms with Crippen molar-refractivity contribution in [2.45, 2.75) is 37.9 Å². The summed E-state index contributed by atoms with van der Waals surface area (Å²) in [6, 6.07) is -0.478. The van der Waals surface area contributed by atoms with E-state index in [0.29, 0.717) is 11.0 Å². The molecule has 0 saturated heterocycles. The zero-order valence-electron chi connectivity index (χ0n) is 11.4.